The monoisotopic (exact) mass is 312 g/mol. The Labute approximate surface area is 101 Å². The maximum atomic E-state index is 11.9. The molecule has 0 N–H and O–H groups in total. The van der Waals surface area contributed by atoms with Crippen LogP contribution in [0.5, 0.6) is 0 Å². The maximum Gasteiger partial charge on any atom is 0.196 e. The molecular weight excluding hydrogens is 303 g/mol. The van der Waals surface area contributed by atoms with Crippen molar-refractivity contribution in [1.29, 1.82) is 0 Å². The Bertz CT molecular complexity index is 488. The van der Waals surface area contributed by atoms with E-state index in [0.717, 1.165) is 3.57 Å². The number of carbonyl (C=O) groups is 1. The molecule has 76 valence electrons. The van der Waals surface area contributed by atoms with Gasteiger partial charge in [0.25, 0.3) is 0 Å². The highest BCUT2D eigenvalue weighted by molar-refractivity contribution is 14.1. The lowest BCUT2D eigenvalue weighted by Gasteiger charge is -1.97. The molecular formula is C11H9IN2O. The van der Waals surface area contributed by atoms with Crippen molar-refractivity contribution in [3.63, 3.8) is 0 Å². The minimum atomic E-state index is 0.0134. The number of rotatable bonds is 2. The van der Waals surface area contributed by atoms with Gasteiger partial charge in [-0.25, -0.2) is 0 Å². The van der Waals surface area contributed by atoms with Crippen LogP contribution in [0.4, 0.5) is 0 Å². The van der Waals surface area contributed by atoms with Gasteiger partial charge in [0, 0.05) is 22.4 Å². The summed E-state index contributed by atoms with van der Waals surface area (Å²) < 4.78 is 2.75. The first-order chi connectivity index (χ1) is 7.16. The third kappa shape index (κ3) is 2.26. The largest absolute Gasteiger partial charge is 0.288 e. The molecule has 0 aliphatic heterocycles. The zero-order chi connectivity index (χ0) is 10.8. The smallest absolute Gasteiger partial charge is 0.196 e. The van der Waals surface area contributed by atoms with Crippen LogP contribution in [0.1, 0.15) is 15.9 Å². The van der Waals surface area contributed by atoms with Crippen molar-refractivity contribution in [1.82, 2.24) is 9.78 Å². The molecule has 2 aromatic rings. The first-order valence-corrected chi connectivity index (χ1v) is 5.53. The first kappa shape index (κ1) is 10.4. The normalized spacial score (nSPS) is 10.3. The van der Waals surface area contributed by atoms with E-state index in [1.54, 1.807) is 24.1 Å². The molecule has 0 saturated heterocycles. The molecule has 4 heteroatoms. The quantitative estimate of drug-likeness (QED) is 0.630. The van der Waals surface area contributed by atoms with Gasteiger partial charge in [0.2, 0.25) is 0 Å². The number of carbonyl (C=O) groups excluding carboxylic acids is 1. The molecule has 0 fully saturated rings. The summed E-state index contributed by atoms with van der Waals surface area (Å²) in [5, 5.41) is 3.98. The van der Waals surface area contributed by atoms with Crippen LogP contribution < -0.4 is 0 Å². The van der Waals surface area contributed by atoms with Gasteiger partial charge in [-0.05, 0) is 46.9 Å². The van der Waals surface area contributed by atoms with E-state index in [1.807, 2.05) is 24.3 Å². The Morgan fingerprint density at radius 2 is 1.93 bits per heavy atom. The van der Waals surface area contributed by atoms with Crippen LogP contribution in [0.15, 0.2) is 36.7 Å². The molecule has 3 nitrogen and oxygen atoms in total. The molecule has 1 heterocycles. The fourth-order valence-electron chi connectivity index (χ4n) is 1.31. The third-order valence-corrected chi connectivity index (χ3v) is 2.79. The highest BCUT2D eigenvalue weighted by Crippen LogP contribution is 2.11. The molecule has 0 bridgehead atoms. The Kier molecular flexibility index (Phi) is 2.86. The van der Waals surface area contributed by atoms with E-state index in [-0.39, 0.29) is 5.78 Å². The minimum absolute atomic E-state index is 0.0134. The lowest BCUT2D eigenvalue weighted by atomic mass is 10.1. The fourth-order valence-corrected chi connectivity index (χ4v) is 1.67. The fraction of sp³-hybridized carbons (Fsp3) is 0.0909. The molecule has 0 spiro atoms. The standard InChI is InChI=1S/C11H9IN2O/c1-14-7-9(6-13-14)11(15)8-2-4-10(12)5-3-8/h2-7H,1H3. The van der Waals surface area contributed by atoms with Gasteiger partial charge in [-0.2, -0.15) is 5.10 Å². The number of ketones is 1. The first-order valence-electron chi connectivity index (χ1n) is 4.46. The molecule has 0 atom stereocenters. The van der Waals surface area contributed by atoms with Gasteiger partial charge in [-0.3, -0.25) is 9.48 Å². The number of halogens is 1. The van der Waals surface area contributed by atoms with Gasteiger partial charge >= 0.3 is 0 Å². The van der Waals surface area contributed by atoms with Crippen LogP contribution in [-0.4, -0.2) is 15.6 Å². The zero-order valence-electron chi connectivity index (χ0n) is 8.14. The van der Waals surface area contributed by atoms with Crippen molar-refractivity contribution in [3.8, 4) is 0 Å². The number of benzene rings is 1. The summed E-state index contributed by atoms with van der Waals surface area (Å²) in [6.07, 6.45) is 3.31. The van der Waals surface area contributed by atoms with E-state index in [1.165, 1.54) is 0 Å². The van der Waals surface area contributed by atoms with Gasteiger partial charge in [0.15, 0.2) is 5.78 Å². The molecule has 0 saturated carbocycles. The molecule has 15 heavy (non-hydrogen) atoms. The number of hydrogen-bond donors (Lipinski definition) is 0. The van der Waals surface area contributed by atoms with Crippen LogP contribution in [0.25, 0.3) is 0 Å². The van der Waals surface area contributed by atoms with Crippen molar-refractivity contribution >= 4 is 28.4 Å². The summed E-state index contributed by atoms with van der Waals surface area (Å²) in [6.45, 7) is 0. The van der Waals surface area contributed by atoms with Crippen LogP contribution in [-0.2, 0) is 7.05 Å². The van der Waals surface area contributed by atoms with E-state index in [9.17, 15) is 4.79 Å². The highest BCUT2D eigenvalue weighted by atomic mass is 127. The summed E-state index contributed by atoms with van der Waals surface area (Å²) in [5.41, 5.74) is 1.32. The molecule has 1 aromatic heterocycles. The predicted octanol–water partition coefficient (Wildman–Crippen LogP) is 2.26. The number of hydrogen-bond acceptors (Lipinski definition) is 2. The lowest BCUT2D eigenvalue weighted by molar-refractivity contribution is 0.103. The van der Waals surface area contributed by atoms with Gasteiger partial charge in [-0.1, -0.05) is 0 Å². The molecule has 0 unspecified atom stereocenters. The van der Waals surface area contributed by atoms with Crippen molar-refractivity contribution in [3.05, 3.63) is 51.4 Å². The summed E-state index contributed by atoms with van der Waals surface area (Å²) in [6, 6.07) is 7.50. The van der Waals surface area contributed by atoms with Gasteiger partial charge in [0.05, 0.1) is 11.8 Å². The van der Waals surface area contributed by atoms with Crippen molar-refractivity contribution in [2.24, 2.45) is 7.05 Å². The Balaban J connectivity index is 2.32. The maximum absolute atomic E-state index is 11.9. The molecule has 1 aromatic carbocycles. The van der Waals surface area contributed by atoms with E-state index < -0.39 is 0 Å². The molecule has 0 radical (unpaired) electrons. The second-order valence-electron chi connectivity index (χ2n) is 3.24. The van der Waals surface area contributed by atoms with E-state index in [4.69, 9.17) is 0 Å². The number of aromatic nitrogens is 2. The summed E-state index contributed by atoms with van der Waals surface area (Å²) in [7, 11) is 1.80. The molecule has 0 aliphatic rings. The predicted molar refractivity (Wildman–Crippen MR) is 65.8 cm³/mol. The Morgan fingerprint density at radius 1 is 1.27 bits per heavy atom. The van der Waals surface area contributed by atoms with Crippen LogP contribution in [0.3, 0.4) is 0 Å². The van der Waals surface area contributed by atoms with Crippen molar-refractivity contribution < 1.29 is 4.79 Å². The van der Waals surface area contributed by atoms with Crippen LogP contribution in [0.2, 0.25) is 0 Å². The molecule has 0 amide bonds. The number of aryl methyl sites for hydroxylation is 1. The SMILES string of the molecule is Cn1cc(C(=O)c2ccc(I)cc2)cn1. The van der Waals surface area contributed by atoms with Gasteiger partial charge in [-0.15, -0.1) is 0 Å². The molecule has 0 aliphatic carbocycles. The summed E-state index contributed by atoms with van der Waals surface area (Å²) >= 11 is 2.21. The summed E-state index contributed by atoms with van der Waals surface area (Å²) in [5.74, 6) is 0.0134. The highest BCUT2D eigenvalue weighted by Gasteiger charge is 2.10. The van der Waals surface area contributed by atoms with Crippen LogP contribution in [0, 0.1) is 3.57 Å². The second-order valence-corrected chi connectivity index (χ2v) is 4.48. The van der Waals surface area contributed by atoms with Gasteiger partial charge in [0.1, 0.15) is 0 Å². The lowest BCUT2D eigenvalue weighted by Crippen LogP contribution is -1.99. The average molecular weight is 312 g/mol. The van der Waals surface area contributed by atoms with E-state index in [2.05, 4.69) is 27.7 Å². The van der Waals surface area contributed by atoms with Crippen molar-refractivity contribution in [2.45, 2.75) is 0 Å². The topological polar surface area (TPSA) is 34.9 Å². The van der Waals surface area contributed by atoms with Gasteiger partial charge < -0.3 is 0 Å². The van der Waals surface area contributed by atoms with E-state index in [0.29, 0.717) is 11.1 Å². The average Bonchev–Trinajstić information content (AvgIpc) is 2.65. The van der Waals surface area contributed by atoms with E-state index >= 15 is 0 Å². The molecule has 2 rings (SSSR count). The third-order valence-electron chi connectivity index (χ3n) is 2.07. The van der Waals surface area contributed by atoms with Crippen LogP contribution >= 0.6 is 22.6 Å². The number of nitrogens with zero attached hydrogens (tertiary/aromatic N) is 2. The Morgan fingerprint density at radius 3 is 2.47 bits per heavy atom. The van der Waals surface area contributed by atoms with Crippen molar-refractivity contribution in [2.75, 3.05) is 0 Å². The second kappa shape index (κ2) is 4.14. The Hall–Kier alpha value is -1.17. The summed E-state index contributed by atoms with van der Waals surface area (Å²) in [4.78, 5) is 11.9. The minimum Gasteiger partial charge on any atom is -0.288 e. The zero-order valence-corrected chi connectivity index (χ0v) is 10.3.